The van der Waals surface area contributed by atoms with E-state index in [0.717, 1.165) is 35.3 Å². The summed E-state index contributed by atoms with van der Waals surface area (Å²) in [6.45, 7) is 7.17. The van der Waals surface area contributed by atoms with Crippen molar-refractivity contribution in [3.8, 4) is 22.4 Å². The molecule has 1 aliphatic rings. The number of pyridine rings is 1. The molecule has 0 aliphatic carbocycles. The van der Waals surface area contributed by atoms with Gasteiger partial charge in [-0.25, -0.2) is 4.98 Å². The molecule has 0 amide bonds. The summed E-state index contributed by atoms with van der Waals surface area (Å²) in [4.78, 5) is 17.8. The van der Waals surface area contributed by atoms with Gasteiger partial charge in [0.2, 0.25) is 11.5 Å². The number of fused-ring (bicyclic) bond motifs is 1. The van der Waals surface area contributed by atoms with E-state index in [9.17, 15) is 4.79 Å². The molecular formula is C27H26Cl2N4O2. The summed E-state index contributed by atoms with van der Waals surface area (Å²) in [5, 5.41) is 1.80. The summed E-state index contributed by atoms with van der Waals surface area (Å²) in [6.07, 6.45) is 0. The van der Waals surface area contributed by atoms with Crippen molar-refractivity contribution in [1.82, 2.24) is 15.8 Å². The Morgan fingerprint density at radius 3 is 2.34 bits per heavy atom. The molecule has 1 aliphatic heterocycles. The molecule has 2 aromatic heterocycles. The molecule has 0 bridgehead atoms. The van der Waals surface area contributed by atoms with Crippen LogP contribution >= 0.6 is 23.2 Å². The lowest BCUT2D eigenvalue weighted by Crippen LogP contribution is -2.21. The van der Waals surface area contributed by atoms with Crippen molar-refractivity contribution in [2.75, 3.05) is 18.8 Å². The van der Waals surface area contributed by atoms with Gasteiger partial charge < -0.3 is 10.2 Å². The number of halogens is 2. The molecule has 0 atom stereocenters. The van der Waals surface area contributed by atoms with Gasteiger partial charge in [-0.1, -0.05) is 68.2 Å². The van der Waals surface area contributed by atoms with Crippen LogP contribution in [0.25, 0.3) is 33.5 Å². The third-order valence-corrected chi connectivity index (χ3v) is 6.87. The van der Waals surface area contributed by atoms with E-state index in [1.807, 2.05) is 63.2 Å². The van der Waals surface area contributed by atoms with Gasteiger partial charge in [-0.15, -0.1) is 0 Å². The Kier molecular flexibility index (Phi) is 6.09. The highest BCUT2D eigenvalue weighted by atomic mass is 35.5. The number of anilines is 1. The topological polar surface area (TPSA) is 93.2 Å². The van der Waals surface area contributed by atoms with Crippen molar-refractivity contribution in [1.29, 1.82) is 0 Å². The second-order valence-corrected chi connectivity index (χ2v) is 10.7. The Labute approximate surface area is 213 Å². The highest BCUT2D eigenvalue weighted by Crippen LogP contribution is 2.41. The van der Waals surface area contributed by atoms with Crippen LogP contribution in [-0.2, 0) is 0 Å². The van der Waals surface area contributed by atoms with Gasteiger partial charge in [-0.05, 0) is 35.4 Å². The van der Waals surface area contributed by atoms with Crippen LogP contribution in [0.2, 0.25) is 10.0 Å². The number of nitrogens with one attached hydrogen (secondary N) is 2. The van der Waals surface area contributed by atoms with Gasteiger partial charge in [0.1, 0.15) is 0 Å². The van der Waals surface area contributed by atoms with Crippen LogP contribution in [0.4, 0.5) is 5.69 Å². The normalized spacial score (nSPS) is 14.7. The van der Waals surface area contributed by atoms with Gasteiger partial charge >= 0.3 is 0 Å². The number of nitrogens with two attached hydrogens (primary N) is 1. The first kappa shape index (κ1) is 23.8. The number of rotatable bonds is 4. The highest BCUT2D eigenvalue weighted by molar-refractivity contribution is 6.33. The molecule has 1 fully saturated rings. The molecule has 0 radical (unpaired) electrons. The lowest BCUT2D eigenvalue weighted by Gasteiger charge is -2.14. The summed E-state index contributed by atoms with van der Waals surface area (Å²) in [7, 11) is 0. The molecule has 6 nitrogen and oxygen atoms in total. The van der Waals surface area contributed by atoms with E-state index >= 15 is 0 Å². The largest absolute Gasteiger partial charge is 0.432 e. The van der Waals surface area contributed by atoms with Gasteiger partial charge in [-0.2, -0.15) is 0 Å². The fourth-order valence-electron chi connectivity index (χ4n) is 4.28. The van der Waals surface area contributed by atoms with E-state index in [4.69, 9.17) is 38.3 Å². The van der Waals surface area contributed by atoms with Crippen LogP contribution in [0.1, 0.15) is 42.8 Å². The molecular weight excluding hydrogens is 483 g/mol. The monoisotopic (exact) mass is 508 g/mol. The molecule has 2 aromatic carbocycles. The van der Waals surface area contributed by atoms with E-state index < -0.39 is 5.41 Å². The minimum absolute atomic E-state index is 0.127. The quantitative estimate of drug-likeness (QED) is 0.273. The number of Topliss-reactive ketones (excluding diaryl/α,β-unsaturated/α-hetero) is 1. The number of nitrogens with zero attached hydrogens (tertiary/aromatic N) is 1. The van der Waals surface area contributed by atoms with E-state index in [2.05, 4.69) is 16.9 Å². The van der Waals surface area contributed by atoms with Gasteiger partial charge in [-0.3, -0.25) is 15.6 Å². The molecule has 3 heterocycles. The summed E-state index contributed by atoms with van der Waals surface area (Å²) in [5.41, 5.74) is 16.9. The molecule has 35 heavy (non-hydrogen) atoms. The van der Waals surface area contributed by atoms with E-state index in [0.29, 0.717) is 32.8 Å². The van der Waals surface area contributed by atoms with Crippen molar-refractivity contribution in [3.63, 3.8) is 0 Å². The maximum atomic E-state index is 13.0. The van der Waals surface area contributed by atoms with Crippen molar-refractivity contribution < 1.29 is 9.21 Å². The number of nitrogen functional groups attached to an aromatic ring is 1. The maximum Gasteiger partial charge on any atom is 0.229 e. The van der Waals surface area contributed by atoms with Crippen molar-refractivity contribution >= 4 is 45.8 Å². The third-order valence-electron chi connectivity index (χ3n) is 6.31. The summed E-state index contributed by atoms with van der Waals surface area (Å²) >= 11 is 13.0. The van der Waals surface area contributed by atoms with Crippen molar-refractivity contribution in [3.05, 3.63) is 69.9 Å². The molecule has 0 spiro atoms. The SMILES string of the molecule is CC(C)(C)C(=O)c1oc2nc(-c3ccc(C4CNNC4)cc3Cl)c(-c3ccc(Cl)cc3)cc2c1N. The minimum atomic E-state index is -0.646. The van der Waals surface area contributed by atoms with Crippen LogP contribution in [0.3, 0.4) is 0 Å². The van der Waals surface area contributed by atoms with Crippen molar-refractivity contribution in [2.24, 2.45) is 5.41 Å². The van der Waals surface area contributed by atoms with Crippen LogP contribution in [0.5, 0.6) is 0 Å². The Balaban J connectivity index is 1.71. The average Bonchev–Trinajstić information content (AvgIpc) is 3.46. The number of ketones is 1. The number of hydrogen-bond acceptors (Lipinski definition) is 6. The molecule has 8 heteroatoms. The van der Waals surface area contributed by atoms with Crippen LogP contribution < -0.4 is 16.6 Å². The molecule has 0 saturated carbocycles. The highest BCUT2D eigenvalue weighted by Gasteiger charge is 2.30. The Bertz CT molecular complexity index is 1430. The first-order chi connectivity index (χ1) is 16.6. The smallest absolute Gasteiger partial charge is 0.229 e. The lowest BCUT2D eigenvalue weighted by molar-refractivity contribution is 0.0832. The first-order valence-electron chi connectivity index (χ1n) is 11.4. The fourth-order valence-corrected chi connectivity index (χ4v) is 4.69. The maximum absolute atomic E-state index is 13.0. The minimum Gasteiger partial charge on any atom is -0.432 e. The standard InChI is InChI=1S/C27H26Cl2N4O2/c1-27(2,3)25(34)24-22(30)20-11-19(14-4-7-17(28)8-5-14)23(33-26(20)35-24)18-9-6-15(10-21(18)29)16-12-31-32-13-16/h4-11,16,31-32H,12-13,30H2,1-3H3. The van der Waals surface area contributed by atoms with Crippen molar-refractivity contribution in [2.45, 2.75) is 26.7 Å². The Hall–Kier alpha value is -2.90. The molecule has 5 rings (SSSR count). The average molecular weight is 509 g/mol. The zero-order chi connectivity index (χ0) is 24.9. The number of benzene rings is 2. The van der Waals surface area contributed by atoms with Gasteiger partial charge in [0, 0.05) is 40.6 Å². The Morgan fingerprint density at radius 2 is 1.71 bits per heavy atom. The van der Waals surface area contributed by atoms with E-state index in [1.54, 1.807) is 0 Å². The number of aromatic nitrogens is 1. The van der Waals surface area contributed by atoms with Gasteiger partial charge in [0.05, 0.1) is 21.8 Å². The zero-order valence-corrected chi connectivity index (χ0v) is 21.2. The third kappa shape index (κ3) is 4.43. The summed E-state index contributed by atoms with van der Waals surface area (Å²) in [5.74, 6) is 0.286. The number of hydrazine groups is 1. The lowest BCUT2D eigenvalue weighted by atomic mass is 9.89. The first-order valence-corrected chi connectivity index (χ1v) is 12.2. The van der Waals surface area contributed by atoms with Crippen LogP contribution in [0, 0.1) is 5.41 Å². The number of furan rings is 1. The second-order valence-electron chi connectivity index (χ2n) is 9.87. The Morgan fingerprint density at radius 1 is 1.03 bits per heavy atom. The molecule has 4 aromatic rings. The second kappa shape index (κ2) is 8.95. The molecule has 0 unspecified atom stereocenters. The van der Waals surface area contributed by atoms with Crippen LogP contribution in [-0.4, -0.2) is 23.9 Å². The van der Waals surface area contributed by atoms with Gasteiger partial charge in [0.25, 0.3) is 0 Å². The van der Waals surface area contributed by atoms with Gasteiger partial charge in [0.15, 0.2) is 5.76 Å². The predicted molar refractivity (Wildman–Crippen MR) is 142 cm³/mol. The summed E-state index contributed by atoms with van der Waals surface area (Å²) in [6, 6.07) is 15.4. The number of carbonyl (C=O) groups is 1. The molecule has 4 N–H and O–H groups in total. The van der Waals surface area contributed by atoms with E-state index in [-0.39, 0.29) is 17.2 Å². The number of carbonyl (C=O) groups excluding carboxylic acids is 1. The molecule has 180 valence electrons. The number of hydrogen-bond donors (Lipinski definition) is 3. The molecule has 1 saturated heterocycles. The summed E-state index contributed by atoms with van der Waals surface area (Å²) < 4.78 is 5.94. The zero-order valence-electron chi connectivity index (χ0n) is 19.7. The van der Waals surface area contributed by atoms with Crippen LogP contribution in [0.15, 0.2) is 52.9 Å². The van der Waals surface area contributed by atoms with E-state index in [1.165, 1.54) is 0 Å². The fraction of sp³-hybridized carbons (Fsp3) is 0.259. The predicted octanol–water partition coefficient (Wildman–Crippen LogP) is 6.47.